The number of hydrogen-bond acceptors (Lipinski definition) is 5. The van der Waals surface area contributed by atoms with E-state index in [0.29, 0.717) is 33.3 Å². The zero-order valence-corrected chi connectivity index (χ0v) is 18.9. The molecule has 3 heterocycles. The predicted molar refractivity (Wildman–Crippen MR) is 132 cm³/mol. The molecule has 5 aromatic rings. The van der Waals surface area contributed by atoms with Crippen molar-refractivity contribution in [3.8, 4) is 5.69 Å². The van der Waals surface area contributed by atoms with Crippen molar-refractivity contribution in [3.05, 3.63) is 103 Å². The number of H-pyrrole nitrogens is 1. The molecule has 0 aliphatic carbocycles. The highest BCUT2D eigenvalue weighted by Crippen LogP contribution is 2.28. The number of para-hydroxylation sites is 1. The molecule has 9 heteroatoms. The van der Waals surface area contributed by atoms with Gasteiger partial charge >= 0.3 is 0 Å². The van der Waals surface area contributed by atoms with Crippen LogP contribution in [0, 0.1) is 0 Å². The highest BCUT2D eigenvalue weighted by molar-refractivity contribution is 6.35. The lowest BCUT2D eigenvalue weighted by molar-refractivity contribution is 0.774. The summed E-state index contributed by atoms with van der Waals surface area (Å²) in [4.78, 5) is 37.6. The lowest BCUT2D eigenvalue weighted by Gasteiger charge is -2.22. The van der Waals surface area contributed by atoms with Crippen molar-refractivity contribution < 1.29 is 0 Å². The molecule has 0 fully saturated rings. The maximum absolute atomic E-state index is 13.6. The van der Waals surface area contributed by atoms with E-state index in [-0.39, 0.29) is 21.4 Å². The Morgan fingerprint density at radius 2 is 1.76 bits per heavy atom. The number of anilines is 1. The zero-order chi connectivity index (χ0) is 23.1. The number of benzene rings is 2. The van der Waals surface area contributed by atoms with Crippen molar-refractivity contribution in [1.82, 2.24) is 19.5 Å². The Labute approximate surface area is 197 Å². The van der Waals surface area contributed by atoms with Crippen LogP contribution in [-0.4, -0.2) is 19.5 Å². The highest BCUT2D eigenvalue weighted by Gasteiger charge is 2.20. The molecule has 0 saturated carbocycles. The van der Waals surface area contributed by atoms with Crippen molar-refractivity contribution in [2.75, 3.05) is 5.32 Å². The second kappa shape index (κ2) is 8.35. The quantitative estimate of drug-likeness (QED) is 0.375. The summed E-state index contributed by atoms with van der Waals surface area (Å²) in [5, 5.41) is 5.09. The van der Waals surface area contributed by atoms with E-state index in [4.69, 9.17) is 23.2 Å². The van der Waals surface area contributed by atoms with Crippen LogP contribution in [0.4, 0.5) is 5.82 Å². The molecule has 0 radical (unpaired) electrons. The Kier molecular flexibility index (Phi) is 5.36. The molecule has 0 aliphatic heterocycles. The summed E-state index contributed by atoms with van der Waals surface area (Å²) >= 11 is 12.4. The standard InChI is InChI=1S/C24H17Cl2N5O2/c1-13(30-23-20-21(32)17(26)11-27-22(20)28-12-29-23)18-10-14-6-5-9-16(25)19(14)24(33)31(18)15-7-3-2-4-8-15/h2-13H,1H3,(H2,27,28,29,30,32)/t13-/m0/s1. The van der Waals surface area contributed by atoms with Crippen molar-refractivity contribution in [1.29, 1.82) is 0 Å². The fourth-order valence-corrected chi connectivity index (χ4v) is 4.33. The molecular formula is C24H17Cl2N5O2. The first-order valence-electron chi connectivity index (χ1n) is 10.1. The van der Waals surface area contributed by atoms with Crippen LogP contribution >= 0.6 is 23.2 Å². The molecular weight excluding hydrogens is 461 g/mol. The fourth-order valence-electron chi connectivity index (χ4n) is 3.92. The fraction of sp³-hybridized carbons (Fsp3) is 0.0833. The van der Waals surface area contributed by atoms with Crippen LogP contribution in [-0.2, 0) is 0 Å². The molecule has 2 N–H and O–H groups in total. The third kappa shape index (κ3) is 3.65. The van der Waals surface area contributed by atoms with Gasteiger partial charge in [0.05, 0.1) is 16.5 Å². The molecule has 1 atom stereocenters. The summed E-state index contributed by atoms with van der Waals surface area (Å²) in [7, 11) is 0. The van der Waals surface area contributed by atoms with Gasteiger partial charge in [-0.2, -0.15) is 0 Å². The summed E-state index contributed by atoms with van der Waals surface area (Å²) in [5.74, 6) is 0.314. The van der Waals surface area contributed by atoms with E-state index >= 15 is 0 Å². The normalized spacial score (nSPS) is 12.2. The van der Waals surface area contributed by atoms with Gasteiger partial charge in [-0.25, -0.2) is 9.97 Å². The molecule has 33 heavy (non-hydrogen) atoms. The van der Waals surface area contributed by atoms with Gasteiger partial charge < -0.3 is 10.3 Å². The Hall–Kier alpha value is -3.68. The van der Waals surface area contributed by atoms with Crippen LogP contribution in [0.2, 0.25) is 10.0 Å². The monoisotopic (exact) mass is 477 g/mol. The first-order chi connectivity index (χ1) is 16.0. The van der Waals surface area contributed by atoms with Crippen LogP contribution in [0.25, 0.3) is 27.5 Å². The molecule has 3 aromatic heterocycles. The maximum Gasteiger partial charge on any atom is 0.264 e. The van der Waals surface area contributed by atoms with E-state index in [9.17, 15) is 9.59 Å². The van der Waals surface area contributed by atoms with Crippen LogP contribution < -0.4 is 16.3 Å². The molecule has 0 amide bonds. The maximum atomic E-state index is 13.6. The number of halogens is 2. The summed E-state index contributed by atoms with van der Waals surface area (Å²) in [6, 6.07) is 16.1. The molecule has 2 aromatic carbocycles. The molecule has 5 rings (SSSR count). The van der Waals surface area contributed by atoms with Gasteiger partial charge in [0.25, 0.3) is 5.56 Å². The van der Waals surface area contributed by atoms with Gasteiger partial charge in [-0.3, -0.25) is 14.2 Å². The first kappa shape index (κ1) is 21.2. The van der Waals surface area contributed by atoms with Crippen molar-refractivity contribution >= 4 is 50.8 Å². The third-order valence-corrected chi connectivity index (χ3v) is 6.06. The third-order valence-electron chi connectivity index (χ3n) is 5.46. The molecule has 0 saturated heterocycles. The highest BCUT2D eigenvalue weighted by atomic mass is 35.5. The number of aromatic nitrogens is 4. The Balaban J connectivity index is 1.72. The van der Waals surface area contributed by atoms with Crippen molar-refractivity contribution in [2.45, 2.75) is 13.0 Å². The smallest absolute Gasteiger partial charge is 0.264 e. The minimum absolute atomic E-state index is 0.0366. The molecule has 7 nitrogen and oxygen atoms in total. The summed E-state index contributed by atoms with van der Waals surface area (Å²) in [6.07, 6.45) is 2.75. The van der Waals surface area contributed by atoms with Crippen LogP contribution in [0.1, 0.15) is 18.7 Å². The van der Waals surface area contributed by atoms with Gasteiger partial charge in [0, 0.05) is 17.6 Å². The summed E-state index contributed by atoms with van der Waals surface area (Å²) < 4.78 is 1.62. The van der Waals surface area contributed by atoms with Crippen LogP contribution in [0.5, 0.6) is 0 Å². The molecule has 0 unspecified atom stereocenters. The zero-order valence-electron chi connectivity index (χ0n) is 17.3. The number of nitrogens with zero attached hydrogens (tertiary/aromatic N) is 3. The van der Waals surface area contributed by atoms with E-state index in [1.165, 1.54) is 12.5 Å². The summed E-state index contributed by atoms with van der Waals surface area (Å²) in [6.45, 7) is 1.89. The largest absolute Gasteiger partial charge is 0.361 e. The number of rotatable bonds is 4. The lowest BCUT2D eigenvalue weighted by Crippen LogP contribution is -2.26. The van der Waals surface area contributed by atoms with Crippen LogP contribution in [0.3, 0.4) is 0 Å². The molecule has 0 spiro atoms. The number of pyridine rings is 2. The lowest BCUT2D eigenvalue weighted by atomic mass is 10.1. The number of aromatic amines is 1. The van der Waals surface area contributed by atoms with Gasteiger partial charge in [0.15, 0.2) is 0 Å². The van der Waals surface area contributed by atoms with E-state index in [1.54, 1.807) is 16.7 Å². The van der Waals surface area contributed by atoms with E-state index in [1.807, 2.05) is 49.4 Å². The van der Waals surface area contributed by atoms with E-state index in [2.05, 4.69) is 20.3 Å². The predicted octanol–water partition coefficient (Wildman–Crippen LogP) is 5.10. The van der Waals surface area contributed by atoms with Gasteiger partial charge in [0.1, 0.15) is 28.2 Å². The second-order valence-corrected chi connectivity index (χ2v) is 8.34. The van der Waals surface area contributed by atoms with Crippen molar-refractivity contribution in [2.24, 2.45) is 0 Å². The van der Waals surface area contributed by atoms with Crippen molar-refractivity contribution in [3.63, 3.8) is 0 Å². The SMILES string of the molecule is C[C@H](Nc1ncnc2[nH]cc(Cl)c(=O)c12)c1cc2cccc(Cl)c2c(=O)n1-c1ccccc1. The number of nitrogens with one attached hydrogen (secondary N) is 2. The average molecular weight is 478 g/mol. The van der Waals surface area contributed by atoms with Gasteiger partial charge in [0.2, 0.25) is 5.43 Å². The van der Waals surface area contributed by atoms with Crippen LogP contribution in [0.15, 0.2) is 76.7 Å². The average Bonchev–Trinajstić information content (AvgIpc) is 2.82. The topological polar surface area (TPSA) is 92.7 Å². The minimum atomic E-state index is -0.419. The molecule has 164 valence electrons. The first-order valence-corrected chi connectivity index (χ1v) is 10.9. The number of fused-ring (bicyclic) bond motifs is 2. The van der Waals surface area contributed by atoms with E-state index in [0.717, 1.165) is 5.39 Å². The van der Waals surface area contributed by atoms with E-state index < -0.39 is 6.04 Å². The van der Waals surface area contributed by atoms with Gasteiger partial charge in [-0.15, -0.1) is 0 Å². The number of hydrogen-bond donors (Lipinski definition) is 2. The Bertz CT molecular complexity index is 1630. The second-order valence-electron chi connectivity index (χ2n) is 7.53. The molecule has 0 aliphatic rings. The Morgan fingerprint density at radius 3 is 2.55 bits per heavy atom. The van der Waals surface area contributed by atoms with Gasteiger partial charge in [-0.05, 0) is 36.6 Å². The molecule has 0 bridgehead atoms. The minimum Gasteiger partial charge on any atom is -0.361 e. The summed E-state index contributed by atoms with van der Waals surface area (Å²) in [5.41, 5.74) is 1.11. The van der Waals surface area contributed by atoms with Gasteiger partial charge in [-0.1, -0.05) is 53.5 Å². The Morgan fingerprint density at radius 1 is 0.970 bits per heavy atom.